The molecule has 31 heavy (non-hydrogen) atoms. The Hall–Kier alpha value is -3.39. The second-order valence-corrected chi connectivity index (χ2v) is 7.16. The predicted molar refractivity (Wildman–Crippen MR) is 119 cm³/mol. The molecule has 166 valence electrons. The molecule has 0 aliphatic heterocycles. The Morgan fingerprint density at radius 1 is 0.871 bits per heavy atom. The maximum Gasteiger partial charge on any atom is 0.338 e. The second kappa shape index (κ2) is 11.7. The van der Waals surface area contributed by atoms with Crippen LogP contribution >= 0.6 is 0 Å². The van der Waals surface area contributed by atoms with Crippen LogP contribution in [-0.4, -0.2) is 55.5 Å². The third-order valence-electron chi connectivity index (χ3n) is 4.30. The molecule has 0 fully saturated rings. The Labute approximate surface area is 182 Å². The number of hydrogen-bond acceptors (Lipinski definition) is 6. The molecule has 2 amide bonds. The number of rotatable bonds is 10. The first-order valence-electron chi connectivity index (χ1n) is 10.1. The first kappa shape index (κ1) is 23.9. The first-order chi connectivity index (χ1) is 14.8. The summed E-state index contributed by atoms with van der Waals surface area (Å²) >= 11 is 0. The van der Waals surface area contributed by atoms with Crippen LogP contribution in [0.1, 0.15) is 31.1 Å². The van der Waals surface area contributed by atoms with Crippen LogP contribution in [0.4, 0.5) is 11.4 Å². The lowest BCUT2D eigenvalue weighted by Gasteiger charge is -2.19. The summed E-state index contributed by atoms with van der Waals surface area (Å²) < 4.78 is 10.2. The summed E-state index contributed by atoms with van der Waals surface area (Å²) in [4.78, 5) is 38.3. The molecule has 2 rings (SSSR count). The summed E-state index contributed by atoms with van der Waals surface area (Å²) in [5.74, 6) is -0.174. The van der Waals surface area contributed by atoms with Gasteiger partial charge in [0.2, 0.25) is 11.8 Å². The Morgan fingerprint density at radius 2 is 1.35 bits per heavy atom. The molecule has 0 unspecified atom stereocenters. The van der Waals surface area contributed by atoms with E-state index in [0.717, 1.165) is 0 Å². The van der Waals surface area contributed by atoms with E-state index in [4.69, 9.17) is 9.47 Å². The van der Waals surface area contributed by atoms with Crippen LogP contribution in [0.2, 0.25) is 0 Å². The number of nitrogens with one attached hydrogen (secondary N) is 2. The van der Waals surface area contributed by atoms with Gasteiger partial charge in [-0.3, -0.25) is 14.5 Å². The van der Waals surface area contributed by atoms with Crippen molar-refractivity contribution < 1.29 is 23.9 Å². The zero-order valence-corrected chi connectivity index (χ0v) is 18.3. The molecule has 8 heteroatoms. The monoisotopic (exact) mass is 427 g/mol. The Balaban J connectivity index is 1.84. The van der Waals surface area contributed by atoms with Gasteiger partial charge < -0.3 is 20.1 Å². The van der Waals surface area contributed by atoms with Crippen molar-refractivity contribution in [3.63, 3.8) is 0 Å². The van der Waals surface area contributed by atoms with Crippen molar-refractivity contribution in [2.24, 2.45) is 0 Å². The first-order valence-corrected chi connectivity index (χ1v) is 10.1. The number of anilines is 2. The topological polar surface area (TPSA) is 97.0 Å². The zero-order chi connectivity index (χ0) is 22.8. The molecule has 2 aromatic carbocycles. The molecule has 0 bridgehead atoms. The van der Waals surface area contributed by atoms with Crippen LogP contribution in [0.25, 0.3) is 0 Å². The molecule has 0 saturated heterocycles. The molecule has 0 atom stereocenters. The molecule has 0 saturated carbocycles. The van der Waals surface area contributed by atoms with Gasteiger partial charge in [0.05, 0.1) is 31.9 Å². The number of nitrogens with zero attached hydrogens (tertiary/aromatic N) is 1. The molecule has 2 aromatic rings. The highest BCUT2D eigenvalue weighted by Gasteiger charge is 2.14. The fourth-order valence-corrected chi connectivity index (χ4v) is 2.73. The van der Waals surface area contributed by atoms with E-state index in [1.807, 2.05) is 6.92 Å². The van der Waals surface area contributed by atoms with E-state index >= 15 is 0 Å². The van der Waals surface area contributed by atoms with Crippen LogP contribution in [-0.2, 0) is 14.3 Å². The summed E-state index contributed by atoms with van der Waals surface area (Å²) in [6, 6.07) is 13.5. The standard InChI is InChI=1S/C23H29N3O5/c1-5-26(15-22(28)25-19-10-12-20(30-4)13-11-19)14-21(27)24-18-8-6-17(7-9-18)23(29)31-16(2)3/h6-13,16H,5,14-15H2,1-4H3,(H,24,27)(H,25,28). The maximum absolute atomic E-state index is 12.4. The lowest BCUT2D eigenvalue weighted by molar-refractivity contribution is -0.119. The third kappa shape index (κ3) is 8.10. The van der Waals surface area contributed by atoms with Crippen LogP contribution in [0, 0.1) is 0 Å². The number of benzene rings is 2. The van der Waals surface area contributed by atoms with Gasteiger partial charge in [0.25, 0.3) is 0 Å². The highest BCUT2D eigenvalue weighted by atomic mass is 16.5. The van der Waals surface area contributed by atoms with Crippen LogP contribution < -0.4 is 15.4 Å². The third-order valence-corrected chi connectivity index (χ3v) is 4.30. The molecule has 0 spiro atoms. The largest absolute Gasteiger partial charge is 0.497 e. The fraction of sp³-hybridized carbons (Fsp3) is 0.348. The number of methoxy groups -OCH3 is 1. The summed E-state index contributed by atoms with van der Waals surface area (Å²) in [5.41, 5.74) is 1.63. The fourth-order valence-electron chi connectivity index (χ4n) is 2.73. The predicted octanol–water partition coefficient (Wildman–Crippen LogP) is 3.16. The highest BCUT2D eigenvalue weighted by Crippen LogP contribution is 2.15. The normalized spacial score (nSPS) is 10.6. The van der Waals surface area contributed by atoms with E-state index in [2.05, 4.69) is 10.6 Å². The molecule has 0 aromatic heterocycles. The number of ether oxygens (including phenoxy) is 2. The summed E-state index contributed by atoms with van der Waals surface area (Å²) in [5, 5.41) is 5.57. The molecule has 0 aliphatic rings. The van der Waals surface area contributed by atoms with E-state index < -0.39 is 5.97 Å². The van der Waals surface area contributed by atoms with Crippen molar-refractivity contribution in [3.05, 3.63) is 54.1 Å². The highest BCUT2D eigenvalue weighted by molar-refractivity contribution is 5.95. The molecular formula is C23H29N3O5. The van der Waals surface area contributed by atoms with Gasteiger partial charge in [-0.15, -0.1) is 0 Å². The molecule has 0 heterocycles. The summed E-state index contributed by atoms with van der Waals surface area (Å²) in [7, 11) is 1.58. The van der Waals surface area contributed by atoms with Gasteiger partial charge >= 0.3 is 5.97 Å². The van der Waals surface area contributed by atoms with Gasteiger partial charge in [-0.05, 0) is 68.9 Å². The number of amides is 2. The minimum Gasteiger partial charge on any atom is -0.497 e. The number of carbonyl (C=O) groups excluding carboxylic acids is 3. The van der Waals surface area contributed by atoms with Crippen molar-refractivity contribution in [2.45, 2.75) is 26.9 Å². The Bertz CT molecular complexity index is 879. The van der Waals surface area contributed by atoms with Gasteiger partial charge in [-0.1, -0.05) is 6.92 Å². The lowest BCUT2D eigenvalue weighted by atomic mass is 10.2. The van der Waals surface area contributed by atoms with Gasteiger partial charge in [0.15, 0.2) is 0 Å². The Kier molecular flexibility index (Phi) is 9.02. The lowest BCUT2D eigenvalue weighted by Crippen LogP contribution is -2.38. The van der Waals surface area contributed by atoms with E-state index in [9.17, 15) is 14.4 Å². The van der Waals surface area contributed by atoms with Crippen molar-refractivity contribution in [1.82, 2.24) is 4.90 Å². The molecule has 0 radical (unpaired) electrons. The average molecular weight is 428 g/mol. The average Bonchev–Trinajstić information content (AvgIpc) is 2.73. The Morgan fingerprint density at radius 3 is 1.77 bits per heavy atom. The molecular weight excluding hydrogens is 398 g/mol. The summed E-state index contributed by atoms with van der Waals surface area (Å²) in [6.45, 7) is 6.11. The minimum atomic E-state index is -0.409. The second-order valence-electron chi connectivity index (χ2n) is 7.16. The van der Waals surface area contributed by atoms with Crippen molar-refractivity contribution in [1.29, 1.82) is 0 Å². The number of hydrogen-bond donors (Lipinski definition) is 2. The van der Waals surface area contributed by atoms with Crippen LogP contribution in [0.3, 0.4) is 0 Å². The number of carbonyl (C=O) groups is 3. The van der Waals surface area contributed by atoms with Gasteiger partial charge in [0.1, 0.15) is 5.75 Å². The van der Waals surface area contributed by atoms with Crippen molar-refractivity contribution in [2.75, 3.05) is 37.4 Å². The van der Waals surface area contributed by atoms with Gasteiger partial charge in [0, 0.05) is 11.4 Å². The zero-order valence-electron chi connectivity index (χ0n) is 18.3. The van der Waals surface area contributed by atoms with E-state index in [0.29, 0.717) is 29.2 Å². The van der Waals surface area contributed by atoms with E-state index in [1.165, 1.54) is 0 Å². The summed E-state index contributed by atoms with van der Waals surface area (Å²) in [6.07, 6.45) is -0.200. The van der Waals surface area contributed by atoms with E-state index in [-0.39, 0.29) is 31.0 Å². The van der Waals surface area contributed by atoms with Gasteiger partial charge in [-0.2, -0.15) is 0 Å². The van der Waals surface area contributed by atoms with Crippen molar-refractivity contribution in [3.8, 4) is 5.75 Å². The van der Waals surface area contributed by atoms with Crippen molar-refractivity contribution >= 4 is 29.2 Å². The quantitative estimate of drug-likeness (QED) is 0.566. The smallest absolute Gasteiger partial charge is 0.338 e. The minimum absolute atomic E-state index is 0.0592. The molecule has 2 N–H and O–H groups in total. The maximum atomic E-state index is 12.4. The molecule has 8 nitrogen and oxygen atoms in total. The SMILES string of the molecule is CCN(CC(=O)Nc1ccc(OC)cc1)CC(=O)Nc1ccc(C(=O)OC(C)C)cc1. The van der Waals surface area contributed by atoms with Crippen LogP contribution in [0.15, 0.2) is 48.5 Å². The van der Waals surface area contributed by atoms with E-state index in [1.54, 1.807) is 74.4 Å². The molecule has 0 aliphatic carbocycles. The number of likely N-dealkylation sites (N-methyl/N-ethyl adjacent to an activating group) is 1. The van der Waals surface area contributed by atoms with Crippen LogP contribution in [0.5, 0.6) is 5.75 Å². The van der Waals surface area contributed by atoms with Gasteiger partial charge in [-0.25, -0.2) is 4.79 Å². The number of esters is 1.